The van der Waals surface area contributed by atoms with Gasteiger partial charge in [0.15, 0.2) is 5.13 Å². The van der Waals surface area contributed by atoms with E-state index < -0.39 is 0 Å². The van der Waals surface area contributed by atoms with E-state index in [1.807, 2.05) is 75.6 Å². The predicted molar refractivity (Wildman–Crippen MR) is 120 cm³/mol. The summed E-state index contributed by atoms with van der Waals surface area (Å²) in [6.45, 7) is 1.50. The quantitative estimate of drug-likeness (QED) is 0.563. The molecule has 0 saturated heterocycles. The molecule has 0 saturated carbocycles. The molecule has 2 aromatic carbocycles. The summed E-state index contributed by atoms with van der Waals surface area (Å²) in [5.74, 6) is -0.0424. The lowest BCUT2D eigenvalue weighted by Crippen LogP contribution is -2.33. The number of aromatic nitrogens is 1. The highest BCUT2D eigenvalue weighted by atomic mass is 35.5. The van der Waals surface area contributed by atoms with Gasteiger partial charge in [0.2, 0.25) is 0 Å². The van der Waals surface area contributed by atoms with Crippen LogP contribution in [-0.4, -0.2) is 57.1 Å². The Hall–Kier alpha value is -2.15. The standard InChI is InChI=1S/C21H25ClN4OS/c1-24(2)13-6-14-26(20(27)15-9-11-16(12-10-15)25(3)4)21-23-19-17(22)7-5-8-18(19)28-21/h5,7-12H,6,13-14H2,1-4H3. The van der Waals surface area contributed by atoms with Crippen LogP contribution < -0.4 is 9.80 Å². The Morgan fingerprint density at radius 1 is 1.04 bits per heavy atom. The molecule has 0 aliphatic heterocycles. The summed E-state index contributed by atoms with van der Waals surface area (Å²) in [6, 6.07) is 13.4. The SMILES string of the molecule is CN(C)CCCN(C(=O)c1ccc(N(C)C)cc1)c1nc2c(Cl)cccc2s1. The highest BCUT2D eigenvalue weighted by molar-refractivity contribution is 7.22. The molecular formula is C21H25ClN4OS. The van der Waals surface area contributed by atoms with Gasteiger partial charge >= 0.3 is 0 Å². The minimum absolute atomic E-state index is 0.0424. The molecule has 3 rings (SSSR count). The van der Waals surface area contributed by atoms with Crippen LogP contribution in [0.2, 0.25) is 5.02 Å². The lowest BCUT2D eigenvalue weighted by atomic mass is 10.1. The summed E-state index contributed by atoms with van der Waals surface area (Å²) in [5, 5.41) is 1.29. The lowest BCUT2D eigenvalue weighted by molar-refractivity contribution is 0.0986. The molecule has 0 aliphatic carbocycles. The number of hydrogen-bond acceptors (Lipinski definition) is 5. The van der Waals surface area contributed by atoms with Crippen LogP contribution in [0.25, 0.3) is 10.2 Å². The third-order valence-corrected chi connectivity index (χ3v) is 5.80. The topological polar surface area (TPSA) is 39.7 Å². The van der Waals surface area contributed by atoms with E-state index in [0.29, 0.717) is 22.3 Å². The maximum Gasteiger partial charge on any atom is 0.260 e. The van der Waals surface area contributed by atoms with Gasteiger partial charge in [-0.2, -0.15) is 0 Å². The average Bonchev–Trinajstić information content (AvgIpc) is 3.10. The molecule has 28 heavy (non-hydrogen) atoms. The molecule has 7 heteroatoms. The third kappa shape index (κ3) is 4.63. The second kappa shape index (κ2) is 8.90. The number of thiazole rings is 1. The van der Waals surface area contributed by atoms with Gasteiger partial charge < -0.3 is 9.80 Å². The van der Waals surface area contributed by atoms with Crippen LogP contribution in [0.15, 0.2) is 42.5 Å². The van der Waals surface area contributed by atoms with Gasteiger partial charge in [0.25, 0.3) is 5.91 Å². The largest absolute Gasteiger partial charge is 0.378 e. The van der Waals surface area contributed by atoms with Crippen LogP contribution >= 0.6 is 22.9 Å². The molecule has 0 fully saturated rings. The number of amides is 1. The van der Waals surface area contributed by atoms with Crippen LogP contribution in [0.4, 0.5) is 10.8 Å². The van der Waals surface area contributed by atoms with Gasteiger partial charge in [-0.05, 0) is 63.5 Å². The van der Waals surface area contributed by atoms with Crippen molar-refractivity contribution in [3.8, 4) is 0 Å². The van der Waals surface area contributed by atoms with E-state index >= 15 is 0 Å². The minimum atomic E-state index is -0.0424. The first-order valence-electron chi connectivity index (χ1n) is 9.16. The highest BCUT2D eigenvalue weighted by Gasteiger charge is 2.22. The molecule has 0 bridgehead atoms. The van der Waals surface area contributed by atoms with E-state index in [1.54, 1.807) is 4.90 Å². The lowest BCUT2D eigenvalue weighted by Gasteiger charge is -2.21. The maximum atomic E-state index is 13.3. The summed E-state index contributed by atoms with van der Waals surface area (Å²) in [4.78, 5) is 23.9. The summed E-state index contributed by atoms with van der Waals surface area (Å²) in [6.07, 6.45) is 0.859. The van der Waals surface area contributed by atoms with Crippen molar-refractivity contribution in [2.75, 3.05) is 51.1 Å². The molecule has 5 nitrogen and oxygen atoms in total. The number of para-hydroxylation sites is 1. The van der Waals surface area contributed by atoms with Gasteiger partial charge in [0.05, 0.1) is 9.72 Å². The number of fused-ring (bicyclic) bond motifs is 1. The zero-order chi connectivity index (χ0) is 20.3. The zero-order valence-corrected chi connectivity index (χ0v) is 18.2. The Bertz CT molecular complexity index is 953. The molecule has 0 spiro atoms. The number of carbonyl (C=O) groups excluding carboxylic acids is 1. The highest BCUT2D eigenvalue weighted by Crippen LogP contribution is 2.33. The van der Waals surface area contributed by atoms with Crippen LogP contribution in [0.1, 0.15) is 16.8 Å². The van der Waals surface area contributed by atoms with Gasteiger partial charge in [-0.15, -0.1) is 0 Å². The number of rotatable bonds is 7. The summed E-state index contributed by atoms with van der Waals surface area (Å²) < 4.78 is 0.982. The van der Waals surface area contributed by atoms with Gasteiger partial charge in [-0.1, -0.05) is 29.0 Å². The normalized spacial score (nSPS) is 11.2. The first kappa shape index (κ1) is 20.6. The van der Waals surface area contributed by atoms with Crippen molar-refractivity contribution in [1.29, 1.82) is 0 Å². The van der Waals surface area contributed by atoms with Crippen molar-refractivity contribution >= 4 is 49.9 Å². The number of anilines is 2. The Morgan fingerprint density at radius 3 is 2.36 bits per heavy atom. The van der Waals surface area contributed by atoms with Crippen molar-refractivity contribution in [3.05, 3.63) is 53.1 Å². The smallest absolute Gasteiger partial charge is 0.260 e. The van der Waals surface area contributed by atoms with Crippen LogP contribution in [0.5, 0.6) is 0 Å². The summed E-state index contributed by atoms with van der Waals surface area (Å²) in [7, 11) is 8.03. The number of benzene rings is 2. The van der Waals surface area contributed by atoms with E-state index in [-0.39, 0.29) is 5.91 Å². The van der Waals surface area contributed by atoms with Crippen molar-refractivity contribution in [1.82, 2.24) is 9.88 Å². The number of carbonyl (C=O) groups is 1. The van der Waals surface area contributed by atoms with Gasteiger partial charge in [-0.25, -0.2) is 4.98 Å². The molecule has 0 unspecified atom stereocenters. The molecule has 1 heterocycles. The van der Waals surface area contributed by atoms with Crippen molar-refractivity contribution in [2.24, 2.45) is 0 Å². The first-order chi connectivity index (χ1) is 13.4. The number of hydrogen-bond donors (Lipinski definition) is 0. The second-order valence-corrected chi connectivity index (χ2v) is 8.55. The average molecular weight is 417 g/mol. The summed E-state index contributed by atoms with van der Waals surface area (Å²) >= 11 is 7.79. The van der Waals surface area contributed by atoms with Crippen LogP contribution in [0, 0.1) is 0 Å². The maximum absolute atomic E-state index is 13.3. The summed E-state index contributed by atoms with van der Waals surface area (Å²) in [5.41, 5.74) is 2.46. The Kier molecular flexibility index (Phi) is 6.54. The van der Waals surface area contributed by atoms with Crippen molar-refractivity contribution < 1.29 is 4.79 Å². The molecule has 0 radical (unpaired) electrons. The van der Waals surface area contributed by atoms with E-state index in [0.717, 1.165) is 28.9 Å². The van der Waals surface area contributed by atoms with Gasteiger partial charge in [0.1, 0.15) is 5.52 Å². The Labute approximate surface area is 175 Å². The van der Waals surface area contributed by atoms with E-state index in [1.165, 1.54) is 11.3 Å². The molecule has 0 atom stereocenters. The van der Waals surface area contributed by atoms with E-state index in [2.05, 4.69) is 9.88 Å². The molecule has 3 aromatic rings. The van der Waals surface area contributed by atoms with E-state index in [4.69, 9.17) is 11.6 Å². The molecule has 0 aliphatic rings. The number of nitrogens with zero attached hydrogens (tertiary/aromatic N) is 4. The number of halogens is 1. The molecular weight excluding hydrogens is 392 g/mol. The fraction of sp³-hybridized carbons (Fsp3) is 0.333. The first-order valence-corrected chi connectivity index (χ1v) is 10.4. The molecule has 0 N–H and O–H groups in total. The zero-order valence-electron chi connectivity index (χ0n) is 16.6. The predicted octanol–water partition coefficient (Wildman–Crippen LogP) is 4.61. The molecule has 148 valence electrons. The van der Waals surface area contributed by atoms with Crippen LogP contribution in [-0.2, 0) is 0 Å². The van der Waals surface area contributed by atoms with E-state index in [9.17, 15) is 4.79 Å². The third-order valence-electron chi connectivity index (χ3n) is 4.45. The van der Waals surface area contributed by atoms with Crippen molar-refractivity contribution in [2.45, 2.75) is 6.42 Å². The molecule has 1 amide bonds. The Balaban J connectivity index is 1.92. The second-order valence-electron chi connectivity index (χ2n) is 7.14. The van der Waals surface area contributed by atoms with Crippen LogP contribution in [0.3, 0.4) is 0 Å². The fourth-order valence-electron chi connectivity index (χ4n) is 2.91. The minimum Gasteiger partial charge on any atom is -0.378 e. The fourth-order valence-corrected chi connectivity index (χ4v) is 4.20. The van der Waals surface area contributed by atoms with Crippen molar-refractivity contribution in [3.63, 3.8) is 0 Å². The molecule has 1 aromatic heterocycles. The van der Waals surface area contributed by atoms with Gasteiger partial charge in [0, 0.05) is 31.9 Å². The van der Waals surface area contributed by atoms with Gasteiger partial charge in [-0.3, -0.25) is 9.69 Å². The monoisotopic (exact) mass is 416 g/mol. The Morgan fingerprint density at radius 2 is 1.75 bits per heavy atom.